The van der Waals surface area contributed by atoms with Crippen LogP contribution in [0.4, 0.5) is 0 Å². The average Bonchev–Trinajstić information content (AvgIpc) is 2.70. The van der Waals surface area contributed by atoms with Crippen molar-refractivity contribution in [1.82, 2.24) is 4.72 Å². The first-order valence-electron chi connectivity index (χ1n) is 10.4. The molecular formula is C24H28N2O5S. The lowest BCUT2D eigenvalue weighted by Crippen LogP contribution is -2.43. The van der Waals surface area contributed by atoms with Crippen molar-refractivity contribution >= 4 is 16.0 Å². The number of nitrogens with zero attached hydrogens (tertiary/aromatic N) is 1. The first kappa shape index (κ1) is 23.8. The van der Waals surface area contributed by atoms with Gasteiger partial charge in [0.25, 0.3) is 0 Å². The maximum Gasteiger partial charge on any atom is 0.322 e. The Hall–Kier alpha value is -2.89. The number of aliphatic carboxylic acids is 1. The Morgan fingerprint density at radius 1 is 1.25 bits per heavy atom. The van der Waals surface area contributed by atoms with E-state index in [0.29, 0.717) is 28.7 Å². The van der Waals surface area contributed by atoms with Crippen LogP contribution in [0, 0.1) is 32.1 Å². The van der Waals surface area contributed by atoms with Crippen molar-refractivity contribution in [1.29, 1.82) is 5.26 Å². The van der Waals surface area contributed by atoms with Crippen LogP contribution in [0.1, 0.15) is 53.6 Å². The van der Waals surface area contributed by atoms with Crippen molar-refractivity contribution in [2.75, 3.05) is 0 Å². The summed E-state index contributed by atoms with van der Waals surface area (Å²) in [7, 11) is -4.14. The van der Waals surface area contributed by atoms with Crippen LogP contribution in [0.5, 0.6) is 5.75 Å². The summed E-state index contributed by atoms with van der Waals surface area (Å²) in [4.78, 5) is 12.0. The second kappa shape index (κ2) is 8.57. The van der Waals surface area contributed by atoms with Gasteiger partial charge in [0.2, 0.25) is 10.0 Å². The molecule has 0 saturated carbocycles. The second-order valence-corrected chi connectivity index (χ2v) is 10.6. The van der Waals surface area contributed by atoms with Crippen LogP contribution in [0.3, 0.4) is 0 Å². The van der Waals surface area contributed by atoms with Crippen molar-refractivity contribution in [2.24, 2.45) is 0 Å². The minimum absolute atomic E-state index is 0.0800. The van der Waals surface area contributed by atoms with E-state index in [1.165, 1.54) is 0 Å². The van der Waals surface area contributed by atoms with Crippen LogP contribution >= 0.6 is 0 Å². The Morgan fingerprint density at radius 3 is 2.56 bits per heavy atom. The number of sulfonamides is 1. The monoisotopic (exact) mass is 456 g/mol. The molecule has 3 rings (SSSR count). The Balaban J connectivity index is 2.00. The van der Waals surface area contributed by atoms with Crippen molar-refractivity contribution in [3.8, 4) is 11.8 Å². The molecule has 2 aromatic carbocycles. The summed E-state index contributed by atoms with van der Waals surface area (Å²) in [6, 6.07) is 7.10. The van der Waals surface area contributed by atoms with E-state index in [1.807, 2.05) is 26.8 Å². The highest BCUT2D eigenvalue weighted by Gasteiger charge is 2.35. The molecule has 0 aromatic heterocycles. The number of hydrogen-bond donors (Lipinski definition) is 2. The van der Waals surface area contributed by atoms with E-state index < -0.39 is 22.0 Å². The third-order valence-corrected chi connectivity index (χ3v) is 7.77. The maximum absolute atomic E-state index is 13.4. The fourth-order valence-corrected chi connectivity index (χ4v) is 5.94. The molecule has 32 heavy (non-hydrogen) atoms. The average molecular weight is 457 g/mol. The van der Waals surface area contributed by atoms with E-state index >= 15 is 0 Å². The molecule has 170 valence electrons. The van der Waals surface area contributed by atoms with E-state index in [-0.39, 0.29) is 16.9 Å². The lowest BCUT2D eigenvalue weighted by molar-refractivity contribution is -0.138. The third kappa shape index (κ3) is 4.64. The minimum Gasteiger partial charge on any atom is -0.487 e. The molecule has 1 aliphatic heterocycles. The van der Waals surface area contributed by atoms with Gasteiger partial charge in [0, 0.05) is 0 Å². The smallest absolute Gasteiger partial charge is 0.322 e. The number of fused-ring (bicyclic) bond motifs is 1. The van der Waals surface area contributed by atoms with Gasteiger partial charge >= 0.3 is 5.97 Å². The van der Waals surface area contributed by atoms with Gasteiger partial charge in [0.1, 0.15) is 17.4 Å². The minimum atomic E-state index is -4.14. The molecule has 0 unspecified atom stereocenters. The van der Waals surface area contributed by atoms with E-state index in [4.69, 9.17) is 10.00 Å². The zero-order valence-corrected chi connectivity index (χ0v) is 19.8. The number of nitriles is 1. The van der Waals surface area contributed by atoms with Gasteiger partial charge in [-0.15, -0.1) is 0 Å². The third-order valence-electron chi connectivity index (χ3n) is 6.03. The summed E-state index contributed by atoms with van der Waals surface area (Å²) in [5, 5.41) is 18.8. The summed E-state index contributed by atoms with van der Waals surface area (Å²) in [6.07, 6.45) is 1.35. The molecule has 2 N–H and O–H groups in total. The molecule has 2 aromatic rings. The summed E-state index contributed by atoms with van der Waals surface area (Å²) < 4.78 is 35.3. The summed E-state index contributed by atoms with van der Waals surface area (Å²) in [6.45, 7) is 9.30. The van der Waals surface area contributed by atoms with E-state index in [1.54, 1.807) is 38.1 Å². The van der Waals surface area contributed by atoms with E-state index in [2.05, 4.69) is 4.72 Å². The number of ether oxygens (including phenoxy) is 1. The van der Waals surface area contributed by atoms with Gasteiger partial charge < -0.3 is 9.84 Å². The maximum atomic E-state index is 13.4. The molecule has 7 nitrogen and oxygen atoms in total. The molecule has 1 atom stereocenters. The largest absolute Gasteiger partial charge is 0.487 e. The predicted molar refractivity (Wildman–Crippen MR) is 120 cm³/mol. The summed E-state index contributed by atoms with van der Waals surface area (Å²) in [5.41, 5.74) is 3.33. The first-order chi connectivity index (χ1) is 14.9. The Labute approximate surface area is 189 Å². The predicted octanol–water partition coefficient (Wildman–Crippen LogP) is 3.56. The van der Waals surface area contributed by atoms with Gasteiger partial charge in [-0.05, 0) is 93.8 Å². The molecule has 8 heteroatoms. The molecule has 0 spiro atoms. The highest BCUT2D eigenvalue weighted by atomic mass is 32.2. The molecule has 0 fully saturated rings. The standard InChI is InChI=1S/C24H28N2O5S/c1-14-15(2)22(16(3)19-9-10-24(4,5)31-21(14)19)32(29,30)26-20(23(27)28)12-17-7-6-8-18(11-17)13-25/h6-8,11,20,26H,9-10,12H2,1-5H3,(H,27,28)/t20-/m0/s1. The molecule has 0 saturated heterocycles. The van der Waals surface area contributed by atoms with Gasteiger partial charge in [-0.1, -0.05) is 12.1 Å². The number of rotatable bonds is 6. The first-order valence-corrected chi connectivity index (χ1v) is 11.9. The quantitative estimate of drug-likeness (QED) is 0.686. The highest BCUT2D eigenvalue weighted by Crippen LogP contribution is 2.42. The van der Waals surface area contributed by atoms with Crippen molar-refractivity contribution < 1.29 is 23.1 Å². The van der Waals surface area contributed by atoms with Gasteiger partial charge in [0.05, 0.1) is 16.5 Å². The SMILES string of the molecule is Cc1c(C)c(S(=O)(=O)N[C@@H](Cc2cccc(C#N)c2)C(=O)O)c(C)c2c1OC(C)(C)CC2. The second-order valence-electron chi connectivity index (χ2n) is 8.90. The van der Waals surface area contributed by atoms with Crippen LogP contribution in [0.2, 0.25) is 0 Å². The van der Waals surface area contributed by atoms with Gasteiger partial charge in [0.15, 0.2) is 0 Å². The summed E-state index contributed by atoms with van der Waals surface area (Å²) in [5.74, 6) is -0.565. The molecule has 0 bridgehead atoms. The van der Waals surface area contributed by atoms with Gasteiger partial charge in [-0.3, -0.25) is 4.79 Å². The zero-order valence-electron chi connectivity index (χ0n) is 18.9. The number of carboxylic acids is 1. The number of hydrogen-bond acceptors (Lipinski definition) is 5. The van der Waals surface area contributed by atoms with Crippen LogP contribution in [0.15, 0.2) is 29.2 Å². The van der Waals surface area contributed by atoms with Crippen LogP contribution in [0.25, 0.3) is 0 Å². The number of carboxylic acid groups (broad SMARTS) is 1. The molecule has 1 heterocycles. The fraction of sp³-hybridized carbons (Fsp3) is 0.417. The van der Waals surface area contributed by atoms with Crippen LogP contribution in [-0.2, 0) is 27.7 Å². The van der Waals surface area contributed by atoms with E-state index in [0.717, 1.165) is 23.3 Å². The highest BCUT2D eigenvalue weighted by molar-refractivity contribution is 7.89. The lowest BCUT2D eigenvalue weighted by Gasteiger charge is -2.35. The Bertz CT molecular complexity index is 1230. The lowest BCUT2D eigenvalue weighted by atomic mass is 9.88. The number of carbonyl (C=O) groups is 1. The van der Waals surface area contributed by atoms with Crippen molar-refractivity contribution in [2.45, 2.75) is 70.4 Å². The molecular weight excluding hydrogens is 428 g/mol. The molecule has 0 radical (unpaired) electrons. The van der Waals surface area contributed by atoms with Crippen LogP contribution < -0.4 is 9.46 Å². The fourth-order valence-electron chi connectivity index (χ4n) is 4.18. The Kier molecular flexibility index (Phi) is 6.36. The molecule has 0 amide bonds. The van der Waals surface area contributed by atoms with Crippen LogP contribution in [-0.4, -0.2) is 31.1 Å². The van der Waals surface area contributed by atoms with E-state index in [9.17, 15) is 18.3 Å². The number of nitrogens with one attached hydrogen (secondary N) is 1. The number of benzene rings is 2. The Morgan fingerprint density at radius 2 is 1.94 bits per heavy atom. The summed E-state index contributed by atoms with van der Waals surface area (Å²) >= 11 is 0. The molecule has 1 aliphatic rings. The van der Waals surface area contributed by atoms with Crippen molar-refractivity contribution in [3.63, 3.8) is 0 Å². The topological polar surface area (TPSA) is 116 Å². The van der Waals surface area contributed by atoms with Gasteiger partial charge in [-0.25, -0.2) is 8.42 Å². The molecule has 0 aliphatic carbocycles. The van der Waals surface area contributed by atoms with Crippen molar-refractivity contribution in [3.05, 3.63) is 57.6 Å². The normalized spacial score (nSPS) is 15.9. The van der Waals surface area contributed by atoms with Gasteiger partial charge in [-0.2, -0.15) is 9.98 Å². The zero-order chi connectivity index (χ0) is 23.8.